The lowest BCUT2D eigenvalue weighted by Crippen LogP contribution is -2.23. The first kappa shape index (κ1) is 9.61. The Hall–Kier alpha value is -1.48. The van der Waals surface area contributed by atoms with Gasteiger partial charge in [0.1, 0.15) is 6.42 Å². The highest BCUT2D eigenvalue weighted by molar-refractivity contribution is 5.87. The fraction of sp³-hybridized carbons (Fsp3) is 0.200. The third-order valence-corrected chi connectivity index (χ3v) is 1.71. The molecule has 1 aromatic carbocycles. The number of carboxylic acids is 1. The van der Waals surface area contributed by atoms with Crippen LogP contribution in [0, 0.1) is 6.61 Å². The minimum atomic E-state index is -1.15. The zero-order valence-corrected chi connectivity index (χ0v) is 7.32. The number of carbonyl (C=O) groups is 1. The number of hydrogen-bond acceptors (Lipinski definition) is 3. The summed E-state index contributed by atoms with van der Waals surface area (Å²) < 4.78 is 4.74. The van der Waals surface area contributed by atoms with Gasteiger partial charge in [-0.25, -0.2) is 0 Å². The summed E-state index contributed by atoms with van der Waals surface area (Å²) in [6.45, 7) is 1.54. The van der Waals surface area contributed by atoms with Crippen molar-refractivity contribution in [1.82, 2.24) is 0 Å². The molecule has 0 unspecified atom stereocenters. The number of rotatable bonds is 4. The molecule has 0 radical (unpaired) electrons. The molecule has 0 aliphatic heterocycles. The smallest absolute Gasteiger partial charge is 0.231 e. The maximum Gasteiger partial charge on any atom is 0.231 e. The van der Waals surface area contributed by atoms with Crippen molar-refractivity contribution in [2.24, 2.45) is 0 Å². The van der Waals surface area contributed by atoms with Crippen molar-refractivity contribution in [2.75, 3.05) is 7.11 Å². The highest BCUT2D eigenvalue weighted by Crippen LogP contribution is 2.09. The average molecular weight is 178 g/mol. The Bertz CT molecular complexity index is 294. The van der Waals surface area contributed by atoms with Crippen LogP contribution >= 0.6 is 0 Å². The molecule has 0 atom stereocenters. The largest absolute Gasteiger partial charge is 0.545 e. The number of ether oxygens (including phenoxy) is 1. The summed E-state index contributed by atoms with van der Waals surface area (Å²) in [4.78, 5) is 10.6. The molecule has 1 rings (SSSR count). The summed E-state index contributed by atoms with van der Waals surface area (Å²) in [6, 6.07) is 6.71. The van der Waals surface area contributed by atoms with E-state index >= 15 is 0 Å². The zero-order chi connectivity index (χ0) is 9.68. The Morgan fingerprint density at radius 1 is 1.54 bits per heavy atom. The standard InChI is InChI=1S/C10H10O3/c1-13-7-6-8-4-2-3-5-9(8)10(11)12/h2-5,7H,6H2,1H3. The fourth-order valence-electron chi connectivity index (χ4n) is 1.07. The van der Waals surface area contributed by atoms with Crippen molar-refractivity contribution in [3.8, 4) is 0 Å². The van der Waals surface area contributed by atoms with Gasteiger partial charge in [-0.1, -0.05) is 24.3 Å². The van der Waals surface area contributed by atoms with E-state index in [9.17, 15) is 9.90 Å². The lowest BCUT2D eigenvalue weighted by atomic mass is 10.1. The molecule has 0 heterocycles. The predicted octanol–water partition coefficient (Wildman–Crippen LogP) is 0.401. The van der Waals surface area contributed by atoms with Crippen LogP contribution in [0.3, 0.4) is 0 Å². The Balaban J connectivity index is 2.84. The number of carboxylic acid groups (broad SMARTS) is 1. The second-order valence-electron chi connectivity index (χ2n) is 2.55. The van der Waals surface area contributed by atoms with E-state index in [0.717, 1.165) is 0 Å². The van der Waals surface area contributed by atoms with Gasteiger partial charge in [0, 0.05) is 11.1 Å². The molecule has 0 amide bonds. The van der Waals surface area contributed by atoms with Crippen LogP contribution in [-0.2, 0) is 11.2 Å². The number of methoxy groups -OCH3 is 1. The van der Waals surface area contributed by atoms with Gasteiger partial charge in [0.15, 0.2) is 0 Å². The van der Waals surface area contributed by atoms with Gasteiger partial charge in [0.2, 0.25) is 6.61 Å². The summed E-state index contributed by atoms with van der Waals surface area (Å²) in [5.41, 5.74) is 0.917. The first-order valence-corrected chi connectivity index (χ1v) is 3.89. The van der Waals surface area contributed by atoms with Crippen molar-refractivity contribution in [3.63, 3.8) is 0 Å². The van der Waals surface area contributed by atoms with E-state index in [4.69, 9.17) is 4.74 Å². The molecule has 0 aliphatic carbocycles. The monoisotopic (exact) mass is 178 g/mol. The van der Waals surface area contributed by atoms with Crippen LogP contribution in [0.2, 0.25) is 0 Å². The molecule has 0 saturated heterocycles. The molecular formula is C10H10O3. The summed E-state index contributed by atoms with van der Waals surface area (Å²) in [5, 5.41) is 10.6. The Labute approximate surface area is 77.0 Å². The number of benzene rings is 1. The van der Waals surface area contributed by atoms with E-state index < -0.39 is 5.97 Å². The van der Waals surface area contributed by atoms with Gasteiger partial charge in [0.05, 0.1) is 13.1 Å². The highest BCUT2D eigenvalue weighted by atomic mass is 16.5. The van der Waals surface area contributed by atoms with Gasteiger partial charge in [-0.15, -0.1) is 0 Å². The van der Waals surface area contributed by atoms with E-state index in [1.165, 1.54) is 13.2 Å². The van der Waals surface area contributed by atoms with Gasteiger partial charge in [-0.05, 0) is 0 Å². The summed E-state index contributed by atoms with van der Waals surface area (Å²) in [5.74, 6) is -1.15. The van der Waals surface area contributed by atoms with Crippen LogP contribution in [0.25, 0.3) is 0 Å². The maximum absolute atomic E-state index is 10.6. The molecule has 0 aromatic heterocycles. The van der Waals surface area contributed by atoms with Gasteiger partial charge < -0.3 is 9.90 Å². The number of hydrogen-bond donors (Lipinski definition) is 0. The Morgan fingerprint density at radius 2 is 2.23 bits per heavy atom. The van der Waals surface area contributed by atoms with E-state index in [1.54, 1.807) is 24.8 Å². The molecule has 0 saturated carbocycles. The lowest BCUT2D eigenvalue weighted by Gasteiger charge is -2.05. The third-order valence-electron chi connectivity index (χ3n) is 1.71. The van der Waals surface area contributed by atoms with E-state index in [-0.39, 0.29) is 5.56 Å². The number of carbonyl (C=O) groups excluding carboxylic acids is 1. The van der Waals surface area contributed by atoms with Crippen molar-refractivity contribution in [1.29, 1.82) is 0 Å². The average Bonchev–Trinajstić information content (AvgIpc) is 2.15. The van der Waals surface area contributed by atoms with E-state index in [2.05, 4.69) is 0 Å². The van der Waals surface area contributed by atoms with Crippen LogP contribution < -0.4 is 5.11 Å². The molecule has 1 aromatic rings. The molecule has 0 N–H and O–H groups in total. The van der Waals surface area contributed by atoms with Crippen molar-refractivity contribution >= 4 is 5.97 Å². The second kappa shape index (κ2) is 4.52. The van der Waals surface area contributed by atoms with Gasteiger partial charge in [-0.2, -0.15) is 4.74 Å². The minimum absolute atomic E-state index is 0.218. The molecule has 0 spiro atoms. The van der Waals surface area contributed by atoms with Crippen molar-refractivity contribution in [2.45, 2.75) is 6.42 Å². The normalized spacial score (nSPS) is 9.62. The van der Waals surface area contributed by atoms with E-state index in [1.807, 2.05) is 0 Å². The van der Waals surface area contributed by atoms with Crippen LogP contribution in [0.1, 0.15) is 15.9 Å². The molecule has 0 bridgehead atoms. The summed E-state index contributed by atoms with van der Waals surface area (Å²) >= 11 is 0. The molecule has 0 fully saturated rings. The maximum atomic E-state index is 10.6. The number of aromatic carboxylic acids is 1. The Kier molecular flexibility index (Phi) is 3.34. The van der Waals surface area contributed by atoms with Crippen molar-refractivity contribution in [3.05, 3.63) is 42.0 Å². The SMILES string of the molecule is CO[CH+]Cc1ccccc1C(=O)[O-]. The first-order chi connectivity index (χ1) is 6.25. The molecule has 0 aliphatic rings. The predicted molar refractivity (Wildman–Crippen MR) is 45.8 cm³/mol. The van der Waals surface area contributed by atoms with Crippen LogP contribution in [-0.4, -0.2) is 13.1 Å². The quantitative estimate of drug-likeness (QED) is 0.627. The molecule has 3 nitrogen and oxygen atoms in total. The van der Waals surface area contributed by atoms with Crippen LogP contribution in [0.4, 0.5) is 0 Å². The Morgan fingerprint density at radius 3 is 2.85 bits per heavy atom. The van der Waals surface area contributed by atoms with Gasteiger partial charge in [-0.3, -0.25) is 0 Å². The molecule has 68 valence electrons. The zero-order valence-electron chi connectivity index (χ0n) is 7.32. The van der Waals surface area contributed by atoms with Crippen LogP contribution in [0.15, 0.2) is 24.3 Å². The summed E-state index contributed by atoms with van der Waals surface area (Å²) in [7, 11) is 1.53. The first-order valence-electron chi connectivity index (χ1n) is 3.89. The fourth-order valence-corrected chi connectivity index (χ4v) is 1.07. The molecule has 3 heteroatoms. The minimum Gasteiger partial charge on any atom is -0.545 e. The lowest BCUT2D eigenvalue weighted by molar-refractivity contribution is -0.255. The van der Waals surface area contributed by atoms with Gasteiger partial charge in [0.25, 0.3) is 0 Å². The van der Waals surface area contributed by atoms with Crippen LogP contribution in [0.5, 0.6) is 0 Å². The molecular weight excluding hydrogens is 168 g/mol. The molecule has 13 heavy (non-hydrogen) atoms. The van der Waals surface area contributed by atoms with E-state index in [0.29, 0.717) is 12.0 Å². The second-order valence-corrected chi connectivity index (χ2v) is 2.55. The summed E-state index contributed by atoms with van der Waals surface area (Å²) in [6.07, 6.45) is 0.473. The van der Waals surface area contributed by atoms with Gasteiger partial charge >= 0.3 is 0 Å². The topological polar surface area (TPSA) is 49.4 Å². The highest BCUT2D eigenvalue weighted by Gasteiger charge is 2.06. The third kappa shape index (κ3) is 2.49. The van der Waals surface area contributed by atoms with Crippen molar-refractivity contribution < 1.29 is 14.6 Å².